The van der Waals surface area contributed by atoms with Crippen LogP contribution in [0, 0.1) is 11.3 Å². The predicted molar refractivity (Wildman–Crippen MR) is 97.3 cm³/mol. The highest BCUT2D eigenvalue weighted by Crippen LogP contribution is 2.23. The number of nitriles is 1. The third kappa shape index (κ3) is 6.27. The van der Waals surface area contributed by atoms with Crippen molar-refractivity contribution in [3.63, 3.8) is 0 Å². The van der Waals surface area contributed by atoms with Crippen molar-refractivity contribution in [3.05, 3.63) is 0 Å². The minimum atomic E-state index is -1.14. The van der Waals surface area contributed by atoms with Crippen LogP contribution in [-0.2, 0) is 19.0 Å². The lowest BCUT2D eigenvalue weighted by molar-refractivity contribution is -0.138. The monoisotopic (exact) mass is 396 g/mol. The van der Waals surface area contributed by atoms with Crippen LogP contribution in [0.1, 0.15) is 33.6 Å². The second-order valence-electron chi connectivity index (χ2n) is 7.86. The first-order chi connectivity index (χ1) is 13.1. The molecule has 0 bridgehead atoms. The summed E-state index contributed by atoms with van der Waals surface area (Å²) in [6.45, 7) is 7.35. The largest absolute Gasteiger partial charge is 0.444 e. The molecule has 2 aliphatic heterocycles. The number of carbonyl (C=O) groups excluding carboxylic acids is 3. The smallest absolute Gasteiger partial charge is 0.410 e. The van der Waals surface area contributed by atoms with Crippen molar-refractivity contribution in [3.8, 4) is 6.07 Å². The third-order valence-corrected chi connectivity index (χ3v) is 4.51. The van der Waals surface area contributed by atoms with Gasteiger partial charge in [-0.2, -0.15) is 5.26 Å². The van der Waals surface area contributed by atoms with Gasteiger partial charge in [0.15, 0.2) is 6.61 Å². The molecular formula is C18H28N4O6. The van der Waals surface area contributed by atoms with Gasteiger partial charge in [-0.05, 0) is 20.8 Å². The number of ether oxygens (including phenoxy) is 3. The van der Waals surface area contributed by atoms with E-state index >= 15 is 0 Å². The lowest BCUT2D eigenvalue weighted by atomic mass is 9.89. The number of nitrogens with one attached hydrogen (secondary N) is 1. The highest BCUT2D eigenvalue weighted by molar-refractivity contribution is 5.80. The van der Waals surface area contributed by atoms with Crippen molar-refractivity contribution in [1.82, 2.24) is 15.1 Å². The topological polar surface area (TPSA) is 121 Å². The Kier molecular flexibility index (Phi) is 7.07. The normalized spacial score (nSPS) is 19.4. The van der Waals surface area contributed by atoms with Crippen LogP contribution in [0.4, 0.5) is 9.59 Å². The quantitative estimate of drug-likeness (QED) is 0.751. The van der Waals surface area contributed by atoms with Crippen molar-refractivity contribution < 1.29 is 28.6 Å². The van der Waals surface area contributed by atoms with Crippen molar-refractivity contribution in [2.45, 2.75) is 44.8 Å². The van der Waals surface area contributed by atoms with E-state index in [1.807, 2.05) is 0 Å². The molecule has 0 aromatic carbocycles. The molecule has 2 rings (SSSR count). The van der Waals surface area contributed by atoms with Crippen LogP contribution in [0.5, 0.6) is 0 Å². The van der Waals surface area contributed by atoms with E-state index in [1.165, 1.54) is 4.90 Å². The summed E-state index contributed by atoms with van der Waals surface area (Å²) in [6.07, 6.45) is -0.781. The first-order valence-electron chi connectivity index (χ1n) is 9.34. The third-order valence-electron chi connectivity index (χ3n) is 4.51. The van der Waals surface area contributed by atoms with E-state index < -0.39 is 29.9 Å². The highest BCUT2D eigenvalue weighted by Gasteiger charge is 2.39. The molecule has 156 valence electrons. The maximum absolute atomic E-state index is 12.1. The molecule has 0 aliphatic carbocycles. The van der Waals surface area contributed by atoms with E-state index in [2.05, 4.69) is 11.4 Å². The second kappa shape index (κ2) is 9.10. The predicted octanol–water partition coefficient (Wildman–Crippen LogP) is 0.865. The minimum absolute atomic E-state index is 0.245. The molecule has 0 saturated carbocycles. The molecule has 10 nitrogen and oxygen atoms in total. The van der Waals surface area contributed by atoms with Gasteiger partial charge in [0.1, 0.15) is 11.1 Å². The number of likely N-dealkylation sites (tertiary alicyclic amines) is 1. The van der Waals surface area contributed by atoms with Crippen LogP contribution < -0.4 is 5.32 Å². The van der Waals surface area contributed by atoms with Gasteiger partial charge in [0.2, 0.25) is 0 Å². The fourth-order valence-electron chi connectivity index (χ4n) is 2.93. The first kappa shape index (κ1) is 21.8. The summed E-state index contributed by atoms with van der Waals surface area (Å²) in [4.78, 5) is 39.3. The molecule has 28 heavy (non-hydrogen) atoms. The second-order valence-corrected chi connectivity index (χ2v) is 7.86. The number of morpholine rings is 1. The molecule has 2 aliphatic rings. The number of piperidine rings is 1. The SMILES string of the molecule is CC(C)(C)OC(=O)N1CCC(C#N)(NC(=O)OCC(=O)N2CCOCC2)CC1. The molecule has 2 heterocycles. The molecule has 0 spiro atoms. The molecule has 10 heteroatoms. The van der Waals surface area contributed by atoms with E-state index in [0.717, 1.165) is 0 Å². The van der Waals surface area contributed by atoms with Gasteiger partial charge in [0.25, 0.3) is 5.91 Å². The first-order valence-corrected chi connectivity index (χ1v) is 9.34. The Morgan fingerprint density at radius 1 is 1.11 bits per heavy atom. The number of nitrogens with zero attached hydrogens (tertiary/aromatic N) is 3. The summed E-state index contributed by atoms with van der Waals surface area (Å²) in [5.41, 5.74) is -1.74. The molecule has 2 fully saturated rings. The van der Waals surface area contributed by atoms with Crippen LogP contribution in [0.25, 0.3) is 0 Å². The Morgan fingerprint density at radius 3 is 2.25 bits per heavy atom. The molecule has 2 saturated heterocycles. The molecule has 0 radical (unpaired) electrons. The van der Waals surface area contributed by atoms with Crippen LogP contribution in [-0.4, -0.2) is 85.0 Å². The molecule has 0 aromatic heterocycles. The van der Waals surface area contributed by atoms with E-state index in [9.17, 15) is 19.6 Å². The standard InChI is InChI=1S/C18H28N4O6/c1-17(2,3)28-16(25)22-6-4-18(13-19,5-7-22)20-15(24)27-12-14(23)21-8-10-26-11-9-21/h4-12H2,1-3H3,(H,20,24). The van der Waals surface area contributed by atoms with Crippen molar-refractivity contribution in [1.29, 1.82) is 5.26 Å². The van der Waals surface area contributed by atoms with Crippen molar-refractivity contribution >= 4 is 18.1 Å². The van der Waals surface area contributed by atoms with Crippen LogP contribution in [0.3, 0.4) is 0 Å². The Morgan fingerprint density at radius 2 is 1.71 bits per heavy atom. The summed E-state index contributed by atoms with van der Waals surface area (Å²) in [7, 11) is 0. The van der Waals surface area contributed by atoms with Crippen LogP contribution in [0.2, 0.25) is 0 Å². The molecule has 3 amide bonds. The zero-order valence-electron chi connectivity index (χ0n) is 16.7. The van der Waals surface area contributed by atoms with Gasteiger partial charge < -0.3 is 29.3 Å². The van der Waals surface area contributed by atoms with Crippen LogP contribution >= 0.6 is 0 Å². The van der Waals surface area contributed by atoms with Gasteiger partial charge in [0.05, 0.1) is 19.3 Å². The molecule has 0 unspecified atom stereocenters. The summed E-state index contributed by atoms with van der Waals surface area (Å²) in [5.74, 6) is -0.302. The van der Waals surface area contributed by atoms with E-state index in [1.54, 1.807) is 25.7 Å². The lowest BCUT2D eigenvalue weighted by Crippen LogP contribution is -2.56. The average molecular weight is 396 g/mol. The lowest BCUT2D eigenvalue weighted by Gasteiger charge is -2.37. The minimum Gasteiger partial charge on any atom is -0.444 e. The maximum atomic E-state index is 12.1. The van der Waals surface area contributed by atoms with Crippen LogP contribution in [0.15, 0.2) is 0 Å². The number of hydrogen-bond donors (Lipinski definition) is 1. The maximum Gasteiger partial charge on any atom is 0.410 e. The Labute approximate surface area is 164 Å². The number of carbonyl (C=O) groups is 3. The van der Waals surface area contributed by atoms with E-state index in [0.29, 0.717) is 26.3 Å². The van der Waals surface area contributed by atoms with Gasteiger partial charge in [-0.15, -0.1) is 0 Å². The number of alkyl carbamates (subject to hydrolysis) is 1. The molecule has 0 aromatic rings. The van der Waals surface area contributed by atoms with Crippen molar-refractivity contribution in [2.24, 2.45) is 0 Å². The van der Waals surface area contributed by atoms with Gasteiger partial charge in [0, 0.05) is 39.0 Å². The number of amides is 3. The number of hydrogen-bond acceptors (Lipinski definition) is 7. The summed E-state index contributed by atoms with van der Waals surface area (Å²) < 4.78 is 15.5. The van der Waals surface area contributed by atoms with Crippen molar-refractivity contribution in [2.75, 3.05) is 46.0 Å². The molecular weight excluding hydrogens is 368 g/mol. The van der Waals surface area contributed by atoms with Gasteiger partial charge >= 0.3 is 12.2 Å². The zero-order valence-corrected chi connectivity index (χ0v) is 16.7. The zero-order chi connectivity index (χ0) is 20.8. The fraction of sp³-hybridized carbons (Fsp3) is 0.778. The summed E-state index contributed by atoms with van der Waals surface area (Å²) in [5, 5.41) is 12.1. The molecule has 1 N–H and O–H groups in total. The fourth-order valence-corrected chi connectivity index (χ4v) is 2.93. The Bertz CT molecular complexity index is 625. The van der Waals surface area contributed by atoms with E-state index in [-0.39, 0.29) is 31.8 Å². The van der Waals surface area contributed by atoms with Gasteiger partial charge in [-0.25, -0.2) is 9.59 Å². The van der Waals surface area contributed by atoms with Gasteiger partial charge in [-0.1, -0.05) is 0 Å². The Balaban J connectivity index is 1.80. The number of rotatable bonds is 3. The van der Waals surface area contributed by atoms with E-state index in [4.69, 9.17) is 14.2 Å². The average Bonchev–Trinajstić information content (AvgIpc) is 2.66. The molecule has 0 atom stereocenters. The summed E-state index contributed by atoms with van der Waals surface area (Å²) in [6, 6.07) is 2.10. The highest BCUT2D eigenvalue weighted by atomic mass is 16.6. The summed E-state index contributed by atoms with van der Waals surface area (Å²) >= 11 is 0. The Hall–Kier alpha value is -2.54. The van der Waals surface area contributed by atoms with Gasteiger partial charge in [-0.3, -0.25) is 4.79 Å².